The highest BCUT2D eigenvalue weighted by Crippen LogP contribution is 2.21. The lowest BCUT2D eigenvalue weighted by molar-refractivity contribution is 0.339. The van der Waals surface area contributed by atoms with Crippen molar-refractivity contribution in [2.24, 2.45) is 0 Å². The highest BCUT2D eigenvalue weighted by molar-refractivity contribution is 5.07. The van der Waals surface area contributed by atoms with Gasteiger partial charge in [0.15, 0.2) is 0 Å². The maximum atomic E-state index is 4.33. The van der Waals surface area contributed by atoms with Gasteiger partial charge in [-0.3, -0.25) is 4.68 Å². The molecule has 68 valence electrons. The normalized spacial score (nSPS) is 12.5. The summed E-state index contributed by atoms with van der Waals surface area (Å²) >= 11 is 0. The zero-order chi connectivity index (χ0) is 9.35. The average Bonchev–Trinajstić information content (AvgIpc) is 2.30. The molecule has 0 fully saturated rings. The Morgan fingerprint density at radius 1 is 1.33 bits per heavy atom. The van der Waals surface area contributed by atoms with E-state index in [0.717, 1.165) is 0 Å². The molecule has 12 heavy (non-hydrogen) atoms. The van der Waals surface area contributed by atoms with Crippen molar-refractivity contribution in [3.63, 3.8) is 0 Å². The summed E-state index contributed by atoms with van der Waals surface area (Å²) in [4.78, 5) is 0. The van der Waals surface area contributed by atoms with Gasteiger partial charge in [0.1, 0.15) is 0 Å². The summed E-state index contributed by atoms with van der Waals surface area (Å²) in [6, 6.07) is 2.09. The summed E-state index contributed by atoms with van der Waals surface area (Å²) < 4.78 is 2.09. The molecule has 0 atom stereocenters. The van der Waals surface area contributed by atoms with Gasteiger partial charge in [0.05, 0.1) is 5.54 Å². The van der Waals surface area contributed by atoms with Crippen LogP contribution in [0, 0.1) is 0 Å². The topological polar surface area (TPSA) is 17.8 Å². The fourth-order valence-electron chi connectivity index (χ4n) is 1.31. The third kappa shape index (κ3) is 1.68. The van der Waals surface area contributed by atoms with Crippen LogP contribution in [0.3, 0.4) is 0 Å². The molecule has 0 aliphatic heterocycles. The Labute approximate surface area is 74.6 Å². The van der Waals surface area contributed by atoms with Gasteiger partial charge in [-0.15, -0.1) is 0 Å². The Kier molecular flexibility index (Phi) is 2.27. The average molecular weight is 166 g/mol. The van der Waals surface area contributed by atoms with Crippen LogP contribution in [-0.4, -0.2) is 9.78 Å². The molecule has 0 N–H and O–H groups in total. The second-order valence-corrected chi connectivity index (χ2v) is 4.49. The number of hydrogen-bond acceptors (Lipinski definition) is 1. The highest BCUT2D eigenvalue weighted by atomic mass is 15.3. The molecule has 0 unspecified atom stereocenters. The molecular weight excluding hydrogens is 148 g/mol. The van der Waals surface area contributed by atoms with Crippen molar-refractivity contribution in [2.45, 2.75) is 46.1 Å². The molecular formula is C10H18N2. The lowest BCUT2D eigenvalue weighted by Gasteiger charge is -2.23. The van der Waals surface area contributed by atoms with Crippen LogP contribution in [0.5, 0.6) is 0 Å². The fourth-order valence-corrected chi connectivity index (χ4v) is 1.31. The molecule has 0 bridgehead atoms. The minimum atomic E-state index is 0.100. The Morgan fingerprint density at radius 3 is 2.25 bits per heavy atom. The van der Waals surface area contributed by atoms with Crippen LogP contribution in [0.1, 0.15) is 46.2 Å². The van der Waals surface area contributed by atoms with Crippen molar-refractivity contribution in [2.75, 3.05) is 0 Å². The van der Waals surface area contributed by atoms with E-state index in [4.69, 9.17) is 0 Å². The summed E-state index contributed by atoms with van der Waals surface area (Å²) in [6.07, 6.45) is 1.88. The van der Waals surface area contributed by atoms with Gasteiger partial charge >= 0.3 is 0 Å². The standard InChI is InChI=1S/C10H18N2/c1-8(2)9-6-7-11-12(9)10(3,4)5/h6-8H,1-5H3. The van der Waals surface area contributed by atoms with Crippen LogP contribution >= 0.6 is 0 Å². The van der Waals surface area contributed by atoms with Crippen LogP contribution in [-0.2, 0) is 5.54 Å². The molecule has 1 rings (SSSR count). The first-order chi connectivity index (χ1) is 5.43. The summed E-state index contributed by atoms with van der Waals surface area (Å²) in [7, 11) is 0. The second-order valence-electron chi connectivity index (χ2n) is 4.49. The third-order valence-corrected chi connectivity index (χ3v) is 1.90. The molecule has 0 amide bonds. The van der Waals surface area contributed by atoms with E-state index in [1.807, 2.05) is 6.20 Å². The van der Waals surface area contributed by atoms with Crippen molar-refractivity contribution in [3.05, 3.63) is 18.0 Å². The van der Waals surface area contributed by atoms with Crippen LogP contribution < -0.4 is 0 Å². The monoisotopic (exact) mass is 166 g/mol. The number of hydrogen-bond donors (Lipinski definition) is 0. The summed E-state index contributed by atoms with van der Waals surface area (Å²) in [5.41, 5.74) is 1.41. The van der Waals surface area contributed by atoms with E-state index < -0.39 is 0 Å². The predicted octanol–water partition coefficient (Wildman–Crippen LogP) is 2.76. The van der Waals surface area contributed by atoms with E-state index in [1.165, 1.54) is 5.69 Å². The summed E-state index contributed by atoms with van der Waals surface area (Å²) in [5.74, 6) is 0.548. The quantitative estimate of drug-likeness (QED) is 0.627. The van der Waals surface area contributed by atoms with E-state index in [-0.39, 0.29) is 5.54 Å². The van der Waals surface area contributed by atoms with E-state index in [0.29, 0.717) is 5.92 Å². The van der Waals surface area contributed by atoms with Crippen molar-refractivity contribution in [1.29, 1.82) is 0 Å². The molecule has 1 aromatic heterocycles. The van der Waals surface area contributed by atoms with Crippen molar-refractivity contribution < 1.29 is 0 Å². The van der Waals surface area contributed by atoms with Crippen molar-refractivity contribution >= 4 is 0 Å². The molecule has 0 aliphatic carbocycles. The minimum Gasteiger partial charge on any atom is -0.264 e. The van der Waals surface area contributed by atoms with Gasteiger partial charge in [-0.25, -0.2) is 0 Å². The Bertz CT molecular complexity index is 253. The maximum absolute atomic E-state index is 4.33. The van der Waals surface area contributed by atoms with Gasteiger partial charge in [0.2, 0.25) is 0 Å². The van der Waals surface area contributed by atoms with Gasteiger partial charge < -0.3 is 0 Å². The van der Waals surface area contributed by atoms with E-state index >= 15 is 0 Å². The number of nitrogens with zero attached hydrogens (tertiary/aromatic N) is 2. The third-order valence-electron chi connectivity index (χ3n) is 1.90. The first kappa shape index (κ1) is 9.30. The van der Waals surface area contributed by atoms with Crippen LogP contribution in [0.25, 0.3) is 0 Å². The Morgan fingerprint density at radius 2 is 1.92 bits per heavy atom. The van der Waals surface area contributed by atoms with Crippen molar-refractivity contribution in [3.8, 4) is 0 Å². The highest BCUT2D eigenvalue weighted by Gasteiger charge is 2.18. The molecule has 0 spiro atoms. The van der Waals surface area contributed by atoms with Crippen LogP contribution in [0.2, 0.25) is 0 Å². The molecule has 0 saturated heterocycles. The van der Waals surface area contributed by atoms with E-state index in [2.05, 4.69) is 50.5 Å². The first-order valence-corrected chi connectivity index (χ1v) is 4.47. The van der Waals surface area contributed by atoms with Gasteiger partial charge in [0, 0.05) is 11.9 Å². The Balaban J connectivity index is 3.08. The zero-order valence-electron chi connectivity index (χ0n) is 8.63. The van der Waals surface area contributed by atoms with Crippen LogP contribution in [0.15, 0.2) is 12.3 Å². The predicted molar refractivity (Wildman–Crippen MR) is 51.3 cm³/mol. The fraction of sp³-hybridized carbons (Fsp3) is 0.700. The second kappa shape index (κ2) is 2.92. The molecule has 2 heteroatoms. The van der Waals surface area contributed by atoms with Gasteiger partial charge in [-0.2, -0.15) is 5.10 Å². The molecule has 0 saturated carbocycles. The molecule has 0 aromatic carbocycles. The smallest absolute Gasteiger partial charge is 0.0546 e. The maximum Gasteiger partial charge on any atom is 0.0546 e. The molecule has 1 heterocycles. The first-order valence-electron chi connectivity index (χ1n) is 4.47. The Hall–Kier alpha value is -0.790. The summed E-state index contributed by atoms with van der Waals surface area (Å²) in [6.45, 7) is 10.9. The van der Waals surface area contributed by atoms with Crippen molar-refractivity contribution in [1.82, 2.24) is 9.78 Å². The zero-order valence-corrected chi connectivity index (χ0v) is 8.63. The number of aromatic nitrogens is 2. The van der Waals surface area contributed by atoms with Gasteiger partial charge in [0.25, 0.3) is 0 Å². The largest absolute Gasteiger partial charge is 0.264 e. The van der Waals surface area contributed by atoms with E-state index in [1.54, 1.807) is 0 Å². The number of rotatable bonds is 1. The van der Waals surface area contributed by atoms with E-state index in [9.17, 15) is 0 Å². The lowest BCUT2D eigenvalue weighted by Crippen LogP contribution is -2.25. The summed E-state index contributed by atoms with van der Waals surface area (Å²) in [5, 5.41) is 4.33. The van der Waals surface area contributed by atoms with Gasteiger partial charge in [-0.05, 0) is 32.8 Å². The molecule has 0 radical (unpaired) electrons. The van der Waals surface area contributed by atoms with Crippen LogP contribution in [0.4, 0.5) is 0 Å². The molecule has 1 aromatic rings. The minimum absolute atomic E-state index is 0.100. The SMILES string of the molecule is CC(C)c1ccnn1C(C)(C)C. The molecule has 2 nitrogen and oxygen atoms in total. The molecule has 0 aliphatic rings. The lowest BCUT2D eigenvalue weighted by atomic mass is 10.1. The van der Waals surface area contributed by atoms with Gasteiger partial charge in [-0.1, -0.05) is 13.8 Å².